The van der Waals surface area contributed by atoms with Gasteiger partial charge in [0.25, 0.3) is 0 Å². The van der Waals surface area contributed by atoms with E-state index in [1.807, 2.05) is 4.90 Å². The van der Waals surface area contributed by atoms with Crippen molar-refractivity contribution in [3.8, 4) is 0 Å². The van der Waals surface area contributed by atoms with Gasteiger partial charge < -0.3 is 16.0 Å². The summed E-state index contributed by atoms with van der Waals surface area (Å²) in [6.07, 6.45) is 3.97. The zero-order valence-corrected chi connectivity index (χ0v) is 13.0. The number of hydrogen-bond donors (Lipinski definition) is 2. The number of rotatable bonds is 8. The summed E-state index contributed by atoms with van der Waals surface area (Å²) in [6.45, 7) is 9.32. The van der Waals surface area contributed by atoms with Crippen LogP contribution in [0.15, 0.2) is 12.7 Å². The third kappa shape index (κ3) is 6.73. The van der Waals surface area contributed by atoms with Gasteiger partial charge in [0.05, 0.1) is 6.54 Å². The van der Waals surface area contributed by atoms with Gasteiger partial charge in [0.1, 0.15) is 0 Å². The monoisotopic (exact) mass is 296 g/mol. The fraction of sp³-hybridized carbons (Fsp3) is 0.733. The molecule has 0 saturated carbocycles. The van der Waals surface area contributed by atoms with Crippen LogP contribution in [0.2, 0.25) is 0 Å². The maximum Gasteiger partial charge on any atom is 0.234 e. The molecule has 0 spiro atoms. The van der Waals surface area contributed by atoms with Crippen LogP contribution in [0, 0.1) is 0 Å². The molecule has 1 heterocycles. The van der Waals surface area contributed by atoms with E-state index < -0.39 is 0 Å². The summed E-state index contributed by atoms with van der Waals surface area (Å²) in [7, 11) is 0. The highest BCUT2D eigenvalue weighted by molar-refractivity contribution is 5.78. The third-order valence-electron chi connectivity index (χ3n) is 3.63. The number of piperazine rings is 1. The molecule has 0 bridgehead atoms. The highest BCUT2D eigenvalue weighted by Crippen LogP contribution is 2.07. The Labute approximate surface area is 127 Å². The molecule has 6 nitrogen and oxygen atoms in total. The van der Waals surface area contributed by atoms with Crippen LogP contribution >= 0.6 is 0 Å². The van der Waals surface area contributed by atoms with Crippen molar-refractivity contribution in [1.29, 1.82) is 0 Å². The molecular weight excluding hydrogens is 268 g/mol. The molecule has 0 aromatic carbocycles. The van der Waals surface area contributed by atoms with Crippen LogP contribution in [0.1, 0.15) is 26.2 Å². The summed E-state index contributed by atoms with van der Waals surface area (Å²) in [6, 6.07) is -0.0368. The molecule has 1 saturated heterocycles. The number of carbonyl (C=O) groups is 2. The Morgan fingerprint density at radius 2 is 2.00 bits per heavy atom. The highest BCUT2D eigenvalue weighted by Gasteiger charge is 2.23. The summed E-state index contributed by atoms with van der Waals surface area (Å²) in [4.78, 5) is 27.6. The first-order chi connectivity index (χ1) is 10.1. The lowest BCUT2D eigenvalue weighted by molar-refractivity contribution is -0.133. The molecule has 1 aliphatic heterocycles. The summed E-state index contributed by atoms with van der Waals surface area (Å²) in [5.74, 6) is 0.131. The first-order valence-corrected chi connectivity index (χ1v) is 7.70. The zero-order valence-electron chi connectivity index (χ0n) is 13.0. The summed E-state index contributed by atoms with van der Waals surface area (Å²) in [5.41, 5.74) is 5.91. The maximum atomic E-state index is 12.1. The smallest absolute Gasteiger partial charge is 0.234 e. The average molecular weight is 296 g/mol. The van der Waals surface area contributed by atoms with Crippen LogP contribution in [-0.2, 0) is 9.59 Å². The minimum Gasteiger partial charge on any atom is -0.352 e. The van der Waals surface area contributed by atoms with Crippen molar-refractivity contribution in [3.63, 3.8) is 0 Å². The largest absolute Gasteiger partial charge is 0.352 e. The van der Waals surface area contributed by atoms with E-state index >= 15 is 0 Å². The van der Waals surface area contributed by atoms with Crippen molar-refractivity contribution >= 4 is 11.8 Å². The van der Waals surface area contributed by atoms with Gasteiger partial charge in [-0.15, -0.1) is 6.58 Å². The van der Waals surface area contributed by atoms with Crippen LogP contribution in [0.3, 0.4) is 0 Å². The fourth-order valence-electron chi connectivity index (χ4n) is 2.43. The zero-order chi connectivity index (χ0) is 15.7. The van der Waals surface area contributed by atoms with Crippen molar-refractivity contribution < 1.29 is 9.59 Å². The van der Waals surface area contributed by atoms with E-state index in [2.05, 4.69) is 23.7 Å². The average Bonchev–Trinajstić information content (AvgIpc) is 2.46. The Bertz CT molecular complexity index is 352. The predicted molar refractivity (Wildman–Crippen MR) is 83.7 cm³/mol. The topological polar surface area (TPSA) is 78.7 Å². The Kier molecular flexibility index (Phi) is 8.00. The molecule has 0 aromatic rings. The predicted octanol–water partition coefficient (Wildman–Crippen LogP) is -0.0497. The van der Waals surface area contributed by atoms with Crippen LogP contribution in [0.25, 0.3) is 0 Å². The van der Waals surface area contributed by atoms with Gasteiger partial charge in [-0.05, 0) is 6.42 Å². The molecule has 1 rings (SSSR count). The van der Waals surface area contributed by atoms with Crippen LogP contribution in [0.4, 0.5) is 0 Å². The van der Waals surface area contributed by atoms with Gasteiger partial charge in [0, 0.05) is 45.2 Å². The Hall–Kier alpha value is -1.40. The summed E-state index contributed by atoms with van der Waals surface area (Å²) >= 11 is 0. The van der Waals surface area contributed by atoms with E-state index in [9.17, 15) is 9.59 Å². The summed E-state index contributed by atoms with van der Waals surface area (Å²) in [5, 5.41) is 2.76. The number of carbonyl (C=O) groups excluding carboxylic acids is 2. The number of nitrogens with one attached hydrogen (secondary N) is 1. The van der Waals surface area contributed by atoms with E-state index in [1.54, 1.807) is 6.08 Å². The van der Waals surface area contributed by atoms with E-state index in [4.69, 9.17) is 5.73 Å². The van der Waals surface area contributed by atoms with Gasteiger partial charge >= 0.3 is 0 Å². The van der Waals surface area contributed by atoms with E-state index in [0.717, 1.165) is 25.9 Å². The second-order valence-corrected chi connectivity index (χ2v) is 5.50. The van der Waals surface area contributed by atoms with Crippen molar-refractivity contribution in [2.75, 3.05) is 39.3 Å². The van der Waals surface area contributed by atoms with Crippen molar-refractivity contribution in [2.45, 2.75) is 32.2 Å². The van der Waals surface area contributed by atoms with Crippen molar-refractivity contribution in [1.82, 2.24) is 15.1 Å². The third-order valence-corrected chi connectivity index (χ3v) is 3.63. The minimum atomic E-state index is -0.0368. The lowest BCUT2D eigenvalue weighted by Crippen LogP contribution is -2.51. The Morgan fingerprint density at radius 1 is 1.33 bits per heavy atom. The second kappa shape index (κ2) is 9.52. The normalized spacial score (nSPS) is 17.3. The molecule has 1 atom stereocenters. The van der Waals surface area contributed by atoms with Gasteiger partial charge in [0.15, 0.2) is 0 Å². The highest BCUT2D eigenvalue weighted by atomic mass is 16.2. The number of nitrogens with two attached hydrogens (primary N) is 1. The number of amides is 2. The van der Waals surface area contributed by atoms with Gasteiger partial charge in [0.2, 0.25) is 11.8 Å². The first-order valence-electron chi connectivity index (χ1n) is 7.70. The SMILES string of the molecule is C=CCNC(=O)CN1CCN(C(=O)CC(N)CCC)CC1. The molecule has 1 unspecified atom stereocenters. The molecule has 120 valence electrons. The van der Waals surface area contributed by atoms with Gasteiger partial charge in [-0.2, -0.15) is 0 Å². The second-order valence-electron chi connectivity index (χ2n) is 5.50. The van der Waals surface area contributed by atoms with Gasteiger partial charge in [-0.3, -0.25) is 14.5 Å². The molecule has 1 fully saturated rings. The molecule has 0 aromatic heterocycles. The lowest BCUT2D eigenvalue weighted by atomic mass is 10.1. The van der Waals surface area contributed by atoms with Crippen molar-refractivity contribution in [3.05, 3.63) is 12.7 Å². The maximum absolute atomic E-state index is 12.1. The molecule has 1 aliphatic rings. The Morgan fingerprint density at radius 3 is 2.57 bits per heavy atom. The molecule has 0 aliphatic carbocycles. The van der Waals surface area contributed by atoms with E-state index in [0.29, 0.717) is 32.6 Å². The van der Waals surface area contributed by atoms with Crippen molar-refractivity contribution in [2.24, 2.45) is 5.73 Å². The summed E-state index contributed by atoms with van der Waals surface area (Å²) < 4.78 is 0. The van der Waals surface area contributed by atoms with Crippen LogP contribution in [0.5, 0.6) is 0 Å². The Balaban J connectivity index is 2.26. The molecule has 3 N–H and O–H groups in total. The molecule has 21 heavy (non-hydrogen) atoms. The lowest BCUT2D eigenvalue weighted by Gasteiger charge is -2.34. The quantitative estimate of drug-likeness (QED) is 0.616. The number of hydrogen-bond acceptors (Lipinski definition) is 4. The molecule has 2 amide bonds. The molecule has 0 radical (unpaired) electrons. The molecule has 6 heteroatoms. The fourth-order valence-corrected chi connectivity index (χ4v) is 2.43. The number of nitrogens with zero attached hydrogens (tertiary/aromatic N) is 2. The van der Waals surface area contributed by atoms with Gasteiger partial charge in [-0.25, -0.2) is 0 Å². The van der Waals surface area contributed by atoms with E-state index in [1.165, 1.54) is 0 Å². The van der Waals surface area contributed by atoms with Crippen LogP contribution < -0.4 is 11.1 Å². The van der Waals surface area contributed by atoms with E-state index in [-0.39, 0.29) is 17.9 Å². The van der Waals surface area contributed by atoms with Crippen LogP contribution in [-0.4, -0.2) is 66.9 Å². The standard InChI is InChI=1S/C15H28N4O2/c1-3-5-13(16)11-15(21)19-9-7-18(8-10-19)12-14(20)17-6-4-2/h4,13H,2-3,5-12,16H2,1H3,(H,17,20). The van der Waals surface area contributed by atoms with Gasteiger partial charge in [-0.1, -0.05) is 19.4 Å². The minimum absolute atomic E-state index is 0.000329. The molecular formula is C15H28N4O2. The first kappa shape index (κ1) is 17.7.